The Morgan fingerprint density at radius 3 is 3.00 bits per heavy atom. The first-order valence-corrected chi connectivity index (χ1v) is 6.08. The first kappa shape index (κ1) is 9.88. The summed E-state index contributed by atoms with van der Waals surface area (Å²) in [7, 11) is 1.93. The number of likely N-dealkylation sites (tertiary alicyclic amines) is 1. The van der Waals surface area contributed by atoms with E-state index in [9.17, 15) is 4.79 Å². The molecule has 84 valence electrons. The largest absolute Gasteiger partial charge is 0.345 e. The second-order valence-corrected chi connectivity index (χ2v) is 5.02. The summed E-state index contributed by atoms with van der Waals surface area (Å²) in [4.78, 5) is 14.0. The molecule has 0 N–H and O–H groups in total. The molecule has 0 saturated carbocycles. The van der Waals surface area contributed by atoms with Gasteiger partial charge >= 0.3 is 0 Å². The Balaban J connectivity index is 2.04. The number of carbonyl (C=O) groups is 1. The number of fused-ring (bicyclic) bond motifs is 2. The van der Waals surface area contributed by atoms with Crippen LogP contribution in [0.25, 0.3) is 0 Å². The van der Waals surface area contributed by atoms with Gasteiger partial charge in [-0.05, 0) is 36.3 Å². The molecule has 2 nitrogen and oxygen atoms in total. The molecule has 0 aromatic carbocycles. The quantitative estimate of drug-likeness (QED) is 0.607. The summed E-state index contributed by atoms with van der Waals surface area (Å²) >= 11 is 0. The predicted molar refractivity (Wildman–Crippen MR) is 63.8 cm³/mol. The zero-order valence-corrected chi connectivity index (χ0v) is 9.65. The lowest BCUT2D eigenvalue weighted by molar-refractivity contribution is -0.129. The van der Waals surface area contributed by atoms with Crippen molar-refractivity contribution in [3.8, 4) is 0 Å². The Morgan fingerprint density at radius 2 is 2.12 bits per heavy atom. The third-order valence-corrected chi connectivity index (χ3v) is 4.00. The van der Waals surface area contributed by atoms with Gasteiger partial charge < -0.3 is 4.90 Å². The van der Waals surface area contributed by atoms with Gasteiger partial charge in [0.2, 0.25) is 5.91 Å². The maximum atomic E-state index is 12.1. The maximum Gasteiger partial charge on any atom is 0.230 e. The van der Waals surface area contributed by atoms with Crippen LogP contribution in [0.2, 0.25) is 0 Å². The van der Waals surface area contributed by atoms with Gasteiger partial charge in [0.05, 0.1) is 5.92 Å². The molecule has 2 unspecified atom stereocenters. The van der Waals surface area contributed by atoms with E-state index in [0.717, 1.165) is 25.8 Å². The van der Waals surface area contributed by atoms with Gasteiger partial charge in [0.15, 0.2) is 0 Å². The van der Waals surface area contributed by atoms with E-state index in [0.29, 0.717) is 11.8 Å². The van der Waals surface area contributed by atoms with Crippen molar-refractivity contribution in [2.24, 2.45) is 11.8 Å². The van der Waals surface area contributed by atoms with E-state index >= 15 is 0 Å². The van der Waals surface area contributed by atoms with Crippen LogP contribution in [0.15, 0.2) is 35.5 Å². The normalized spacial score (nSPS) is 32.8. The fraction of sp³-hybridized carbons (Fsp3) is 0.500. The number of carbonyl (C=O) groups excluding carboxylic acids is 1. The van der Waals surface area contributed by atoms with Crippen molar-refractivity contribution >= 4 is 5.91 Å². The van der Waals surface area contributed by atoms with Crippen molar-refractivity contribution in [3.63, 3.8) is 0 Å². The first-order valence-electron chi connectivity index (χ1n) is 6.08. The van der Waals surface area contributed by atoms with Gasteiger partial charge in [0.1, 0.15) is 0 Å². The van der Waals surface area contributed by atoms with Crippen LogP contribution in [0.1, 0.15) is 19.3 Å². The summed E-state index contributed by atoms with van der Waals surface area (Å²) in [5.41, 5.74) is 2.68. The highest BCUT2D eigenvalue weighted by atomic mass is 16.2. The lowest BCUT2D eigenvalue weighted by Gasteiger charge is -2.25. The van der Waals surface area contributed by atoms with Crippen molar-refractivity contribution in [3.05, 3.63) is 35.5 Å². The van der Waals surface area contributed by atoms with Crippen molar-refractivity contribution in [1.82, 2.24) is 4.90 Å². The molecule has 1 fully saturated rings. The molecule has 0 spiro atoms. The van der Waals surface area contributed by atoms with E-state index in [1.807, 2.05) is 11.9 Å². The second-order valence-electron chi connectivity index (χ2n) is 5.02. The van der Waals surface area contributed by atoms with Crippen LogP contribution < -0.4 is 0 Å². The number of amides is 1. The minimum absolute atomic E-state index is 0.146. The minimum Gasteiger partial charge on any atom is -0.345 e. The zero-order valence-electron chi connectivity index (χ0n) is 9.65. The van der Waals surface area contributed by atoms with Crippen molar-refractivity contribution in [2.75, 3.05) is 13.6 Å². The monoisotopic (exact) mass is 215 g/mol. The van der Waals surface area contributed by atoms with Gasteiger partial charge in [0, 0.05) is 13.6 Å². The summed E-state index contributed by atoms with van der Waals surface area (Å²) in [5.74, 6) is 1.01. The van der Waals surface area contributed by atoms with E-state index in [-0.39, 0.29) is 5.92 Å². The topological polar surface area (TPSA) is 20.3 Å². The maximum absolute atomic E-state index is 12.1. The number of allylic oxidation sites excluding steroid dienone is 5. The number of hydrogen-bond donors (Lipinski definition) is 0. The standard InChI is InChI=1S/C14H17NO/c1-15-9-11-8-7-10-5-3-2-4-6-12(10)13(11)14(15)16/h3-6,11,13H,2,7-9H2,1H3. The van der Waals surface area contributed by atoms with Crippen LogP contribution in [0.4, 0.5) is 0 Å². The number of nitrogens with zero attached hydrogens (tertiary/aromatic N) is 1. The van der Waals surface area contributed by atoms with Crippen LogP contribution >= 0.6 is 0 Å². The third-order valence-electron chi connectivity index (χ3n) is 4.00. The van der Waals surface area contributed by atoms with Crippen LogP contribution in [0.3, 0.4) is 0 Å². The van der Waals surface area contributed by atoms with E-state index in [4.69, 9.17) is 0 Å². The molecule has 0 aromatic heterocycles. The molecule has 16 heavy (non-hydrogen) atoms. The van der Waals surface area contributed by atoms with Crippen LogP contribution in [-0.2, 0) is 4.79 Å². The highest BCUT2D eigenvalue weighted by Crippen LogP contribution is 2.41. The molecule has 0 radical (unpaired) electrons. The lowest BCUT2D eigenvalue weighted by atomic mass is 9.76. The van der Waals surface area contributed by atoms with Crippen LogP contribution in [0, 0.1) is 11.8 Å². The van der Waals surface area contributed by atoms with Gasteiger partial charge in [-0.2, -0.15) is 0 Å². The lowest BCUT2D eigenvalue weighted by Crippen LogP contribution is -2.25. The van der Waals surface area contributed by atoms with Gasteiger partial charge in [0.25, 0.3) is 0 Å². The fourth-order valence-corrected chi connectivity index (χ4v) is 3.19. The van der Waals surface area contributed by atoms with Gasteiger partial charge in [-0.15, -0.1) is 0 Å². The smallest absolute Gasteiger partial charge is 0.230 e. The van der Waals surface area contributed by atoms with E-state index in [1.54, 1.807) is 0 Å². The summed E-state index contributed by atoms with van der Waals surface area (Å²) in [5, 5.41) is 0. The molecule has 2 heteroatoms. The summed E-state index contributed by atoms with van der Waals surface area (Å²) < 4.78 is 0. The van der Waals surface area contributed by atoms with Gasteiger partial charge in [-0.3, -0.25) is 4.79 Å². The molecule has 1 heterocycles. The molecule has 3 rings (SSSR count). The Labute approximate surface area is 96.3 Å². The predicted octanol–water partition coefficient (Wildman–Crippen LogP) is 2.30. The summed E-state index contributed by atoms with van der Waals surface area (Å²) in [6.45, 7) is 0.942. The van der Waals surface area contributed by atoms with Crippen LogP contribution in [-0.4, -0.2) is 24.4 Å². The fourth-order valence-electron chi connectivity index (χ4n) is 3.19. The van der Waals surface area contributed by atoms with E-state index in [1.165, 1.54) is 11.1 Å². The van der Waals surface area contributed by atoms with E-state index < -0.39 is 0 Å². The molecule has 3 aliphatic rings. The van der Waals surface area contributed by atoms with Crippen LogP contribution in [0.5, 0.6) is 0 Å². The second kappa shape index (κ2) is 3.62. The highest BCUT2D eigenvalue weighted by molar-refractivity contribution is 5.85. The Hall–Kier alpha value is -1.31. The molecular formula is C14H17NO. The highest BCUT2D eigenvalue weighted by Gasteiger charge is 2.42. The molecule has 1 amide bonds. The van der Waals surface area contributed by atoms with E-state index in [2.05, 4.69) is 24.3 Å². The van der Waals surface area contributed by atoms with Crippen molar-refractivity contribution < 1.29 is 4.79 Å². The molecule has 0 aromatic rings. The Morgan fingerprint density at radius 1 is 1.31 bits per heavy atom. The van der Waals surface area contributed by atoms with Crippen molar-refractivity contribution in [1.29, 1.82) is 0 Å². The molecule has 1 aliphatic heterocycles. The first-order chi connectivity index (χ1) is 7.77. The molecule has 0 bridgehead atoms. The summed E-state index contributed by atoms with van der Waals surface area (Å²) in [6, 6.07) is 0. The Kier molecular flexibility index (Phi) is 2.23. The third kappa shape index (κ3) is 1.36. The van der Waals surface area contributed by atoms with Gasteiger partial charge in [-0.25, -0.2) is 0 Å². The Bertz CT molecular complexity index is 416. The molecule has 2 atom stereocenters. The molecule has 2 aliphatic carbocycles. The zero-order chi connectivity index (χ0) is 11.1. The average Bonchev–Trinajstić information content (AvgIpc) is 2.50. The minimum atomic E-state index is 0.146. The molecular weight excluding hydrogens is 198 g/mol. The van der Waals surface area contributed by atoms with Crippen molar-refractivity contribution in [2.45, 2.75) is 19.3 Å². The van der Waals surface area contributed by atoms with Gasteiger partial charge in [-0.1, -0.05) is 24.3 Å². The molecule has 1 saturated heterocycles. The number of rotatable bonds is 0. The SMILES string of the molecule is CN1CC2CCC3=C(C=CCC=C3)C2C1=O. The summed E-state index contributed by atoms with van der Waals surface area (Å²) in [6.07, 6.45) is 12.1. The number of hydrogen-bond acceptors (Lipinski definition) is 1. The average molecular weight is 215 g/mol.